The van der Waals surface area contributed by atoms with Gasteiger partial charge in [0.05, 0.1) is 11.3 Å². The summed E-state index contributed by atoms with van der Waals surface area (Å²) in [5, 5.41) is 3.07. The van der Waals surface area contributed by atoms with Crippen molar-refractivity contribution in [3.05, 3.63) is 96.2 Å². The van der Waals surface area contributed by atoms with Crippen LogP contribution in [0.5, 0.6) is 0 Å². The van der Waals surface area contributed by atoms with Crippen molar-refractivity contribution in [1.29, 1.82) is 0 Å². The smallest absolute Gasteiger partial charge is 0.354 e. The number of nitrogens with two attached hydrogens (primary N) is 1. The summed E-state index contributed by atoms with van der Waals surface area (Å²) in [7, 11) is 0. The minimum Gasteiger partial charge on any atom is -0.354 e. The Labute approximate surface area is 193 Å². The van der Waals surface area contributed by atoms with Gasteiger partial charge in [0.1, 0.15) is 5.82 Å². The van der Waals surface area contributed by atoms with Crippen LogP contribution in [0.4, 0.5) is 23.5 Å². The van der Waals surface area contributed by atoms with Gasteiger partial charge in [-0.1, -0.05) is 30.3 Å². The topological polar surface area (TPSA) is 76.7 Å². The number of nitrogens with zero attached hydrogens (tertiary/aromatic N) is 3. The highest BCUT2D eigenvalue weighted by atomic mass is 19.4. The first-order valence-corrected chi connectivity index (χ1v) is 10.5. The van der Waals surface area contributed by atoms with Crippen LogP contribution in [-0.2, 0) is 6.18 Å². The molecule has 2 aromatic heterocycles. The van der Waals surface area contributed by atoms with Crippen molar-refractivity contribution in [2.45, 2.75) is 18.6 Å². The van der Waals surface area contributed by atoms with Gasteiger partial charge in [-0.15, -0.1) is 0 Å². The monoisotopic (exact) mass is 467 g/mol. The Morgan fingerprint density at radius 3 is 2.44 bits per heavy atom. The molecule has 9 heteroatoms. The second kappa shape index (κ2) is 9.96. The standard InChI is InChI=1S/C25H21F4N5/c26-21-7-2-1-6-19(21)22(30)10-13-32-24-33-15-20(23(34-24)16-8-11-31-12-9-16)17-4-3-5-18(14-17)25(27,28)29/h1-9,11-12,14-15,22H,10,13,30H2,(H,32,33,34). The Balaban J connectivity index is 1.60. The molecule has 0 aliphatic rings. The van der Waals surface area contributed by atoms with Crippen LogP contribution in [0.15, 0.2) is 79.3 Å². The number of benzene rings is 2. The lowest BCUT2D eigenvalue weighted by Crippen LogP contribution is -2.17. The molecule has 0 saturated heterocycles. The normalized spacial score (nSPS) is 12.4. The van der Waals surface area contributed by atoms with Crippen LogP contribution >= 0.6 is 0 Å². The predicted octanol–water partition coefficient (Wildman–Crippen LogP) is 5.87. The van der Waals surface area contributed by atoms with Gasteiger partial charge >= 0.3 is 6.18 Å². The molecule has 4 aromatic rings. The van der Waals surface area contributed by atoms with E-state index in [-0.39, 0.29) is 11.8 Å². The minimum atomic E-state index is -4.47. The highest BCUT2D eigenvalue weighted by Gasteiger charge is 2.30. The summed E-state index contributed by atoms with van der Waals surface area (Å²) in [6.07, 6.45) is 0.593. The van der Waals surface area contributed by atoms with Gasteiger partial charge in [0, 0.05) is 47.9 Å². The molecule has 0 spiro atoms. The minimum absolute atomic E-state index is 0.281. The molecule has 0 aliphatic heterocycles. The van der Waals surface area contributed by atoms with Crippen molar-refractivity contribution in [2.75, 3.05) is 11.9 Å². The van der Waals surface area contributed by atoms with Gasteiger partial charge in [0.2, 0.25) is 5.95 Å². The first-order chi connectivity index (χ1) is 16.3. The van der Waals surface area contributed by atoms with Crippen molar-refractivity contribution in [1.82, 2.24) is 15.0 Å². The van der Waals surface area contributed by atoms with E-state index in [1.165, 1.54) is 18.3 Å². The lowest BCUT2D eigenvalue weighted by atomic mass is 9.99. The molecular weight excluding hydrogens is 446 g/mol. The average molecular weight is 467 g/mol. The van der Waals surface area contributed by atoms with Crippen molar-refractivity contribution < 1.29 is 17.6 Å². The SMILES string of the molecule is NC(CCNc1ncc(-c2cccc(C(F)(F)F)c2)c(-c2ccncc2)n1)c1ccccc1F. The summed E-state index contributed by atoms with van der Waals surface area (Å²) in [4.78, 5) is 12.8. The number of hydrogen-bond donors (Lipinski definition) is 2. The summed E-state index contributed by atoms with van der Waals surface area (Å²) in [5.41, 5.74) is 7.70. The summed E-state index contributed by atoms with van der Waals surface area (Å²) >= 11 is 0. The van der Waals surface area contributed by atoms with Crippen molar-refractivity contribution >= 4 is 5.95 Å². The molecule has 4 rings (SSSR count). The summed E-state index contributed by atoms with van der Waals surface area (Å²) in [6, 6.07) is 14.3. The van der Waals surface area contributed by atoms with E-state index in [2.05, 4.69) is 20.3 Å². The number of halogens is 4. The molecule has 0 amide bonds. The first kappa shape index (κ1) is 23.3. The van der Waals surface area contributed by atoms with E-state index in [1.807, 2.05) is 0 Å². The highest BCUT2D eigenvalue weighted by Crippen LogP contribution is 2.35. The van der Waals surface area contributed by atoms with E-state index in [0.29, 0.717) is 40.9 Å². The van der Waals surface area contributed by atoms with Crippen LogP contribution < -0.4 is 11.1 Å². The molecule has 1 atom stereocenters. The largest absolute Gasteiger partial charge is 0.416 e. The van der Waals surface area contributed by atoms with E-state index < -0.39 is 17.8 Å². The lowest BCUT2D eigenvalue weighted by molar-refractivity contribution is -0.137. The maximum Gasteiger partial charge on any atom is 0.416 e. The maximum atomic E-state index is 13.9. The Morgan fingerprint density at radius 2 is 1.71 bits per heavy atom. The fourth-order valence-electron chi connectivity index (χ4n) is 3.54. The molecule has 0 aliphatic carbocycles. The van der Waals surface area contributed by atoms with Gasteiger partial charge in [-0.25, -0.2) is 14.4 Å². The zero-order valence-corrected chi connectivity index (χ0v) is 17.9. The van der Waals surface area contributed by atoms with Crippen LogP contribution in [0.25, 0.3) is 22.4 Å². The van der Waals surface area contributed by atoms with Crippen molar-refractivity contribution in [3.8, 4) is 22.4 Å². The van der Waals surface area contributed by atoms with Gasteiger partial charge in [0.25, 0.3) is 0 Å². The van der Waals surface area contributed by atoms with Gasteiger partial charge < -0.3 is 11.1 Å². The number of alkyl halides is 3. The molecule has 1 unspecified atom stereocenters. The molecule has 0 fully saturated rings. The Bertz CT molecular complexity index is 1260. The Morgan fingerprint density at radius 1 is 0.941 bits per heavy atom. The van der Waals surface area contributed by atoms with Crippen LogP contribution in [0.2, 0.25) is 0 Å². The fraction of sp³-hybridized carbons (Fsp3) is 0.160. The number of rotatable bonds is 7. The number of nitrogens with one attached hydrogen (secondary N) is 1. The molecule has 3 N–H and O–H groups in total. The van der Waals surface area contributed by atoms with E-state index in [0.717, 1.165) is 12.1 Å². The maximum absolute atomic E-state index is 13.9. The van der Waals surface area contributed by atoms with Gasteiger partial charge in [-0.05, 0) is 42.3 Å². The molecule has 5 nitrogen and oxygen atoms in total. The third-order valence-corrected chi connectivity index (χ3v) is 5.29. The molecule has 0 bridgehead atoms. The zero-order valence-electron chi connectivity index (χ0n) is 17.9. The van der Waals surface area contributed by atoms with Gasteiger partial charge in [-0.3, -0.25) is 4.98 Å². The highest BCUT2D eigenvalue weighted by molar-refractivity contribution is 5.81. The molecule has 0 radical (unpaired) electrons. The van der Waals surface area contributed by atoms with Crippen LogP contribution in [0, 0.1) is 5.82 Å². The van der Waals surface area contributed by atoms with Gasteiger partial charge in [0.15, 0.2) is 0 Å². The van der Waals surface area contributed by atoms with E-state index in [4.69, 9.17) is 5.73 Å². The molecule has 2 aromatic carbocycles. The van der Waals surface area contributed by atoms with E-state index in [1.54, 1.807) is 48.8 Å². The molecule has 174 valence electrons. The predicted molar refractivity (Wildman–Crippen MR) is 122 cm³/mol. The molecule has 2 heterocycles. The first-order valence-electron chi connectivity index (χ1n) is 10.5. The van der Waals surface area contributed by atoms with Crippen LogP contribution in [0.3, 0.4) is 0 Å². The van der Waals surface area contributed by atoms with Crippen LogP contribution in [-0.4, -0.2) is 21.5 Å². The molecule has 0 saturated carbocycles. The average Bonchev–Trinajstić information content (AvgIpc) is 2.84. The quantitative estimate of drug-likeness (QED) is 0.333. The third kappa shape index (κ3) is 5.37. The van der Waals surface area contributed by atoms with E-state index in [9.17, 15) is 17.6 Å². The zero-order chi connectivity index (χ0) is 24.1. The molecule has 34 heavy (non-hydrogen) atoms. The number of anilines is 1. The fourth-order valence-corrected chi connectivity index (χ4v) is 3.54. The Hall–Kier alpha value is -3.85. The van der Waals surface area contributed by atoms with Crippen LogP contribution in [0.1, 0.15) is 23.6 Å². The number of hydrogen-bond acceptors (Lipinski definition) is 5. The van der Waals surface area contributed by atoms with Gasteiger partial charge in [-0.2, -0.15) is 13.2 Å². The summed E-state index contributed by atoms with van der Waals surface area (Å²) in [5.74, 6) is -0.0834. The van der Waals surface area contributed by atoms with E-state index >= 15 is 0 Å². The number of pyridine rings is 1. The second-order valence-electron chi connectivity index (χ2n) is 7.61. The van der Waals surface area contributed by atoms with Crippen molar-refractivity contribution in [3.63, 3.8) is 0 Å². The number of aromatic nitrogens is 3. The summed E-state index contributed by atoms with van der Waals surface area (Å²) in [6.45, 7) is 0.369. The molecular formula is C25H21F4N5. The second-order valence-corrected chi connectivity index (χ2v) is 7.61. The lowest BCUT2D eigenvalue weighted by Gasteiger charge is -2.15. The third-order valence-electron chi connectivity index (χ3n) is 5.29. The Kier molecular flexibility index (Phi) is 6.83. The van der Waals surface area contributed by atoms with Crippen molar-refractivity contribution in [2.24, 2.45) is 5.73 Å². The summed E-state index contributed by atoms with van der Waals surface area (Å²) < 4.78 is 53.7.